The Morgan fingerprint density at radius 3 is 1.66 bits per heavy atom. The third-order valence-corrected chi connectivity index (χ3v) is 14.0. The number of fused-ring (bicyclic) bond motifs is 7. The summed E-state index contributed by atoms with van der Waals surface area (Å²) < 4.78 is 2.41. The smallest absolute Gasteiger partial charge is 0.122 e. The van der Waals surface area contributed by atoms with E-state index in [1.54, 1.807) is 0 Å². The molecule has 68 heavy (non-hydrogen) atoms. The summed E-state index contributed by atoms with van der Waals surface area (Å²) in [6.45, 7) is 0. The molecule has 0 amide bonds. The highest BCUT2D eigenvalue weighted by Crippen LogP contribution is 2.59. The fourth-order valence-electron chi connectivity index (χ4n) is 11.0. The average Bonchev–Trinajstić information content (AvgIpc) is 3.90. The van der Waals surface area contributed by atoms with Gasteiger partial charge in [-0.15, -0.1) is 0 Å². The number of nitrogens with zero attached hydrogens (tertiary/aromatic N) is 3. The molecule has 0 saturated carbocycles. The molecule has 1 aromatic heterocycles. The Hall–Kier alpha value is -8.92. The average molecular weight is 868 g/mol. The number of aromatic nitrogens is 1. The third kappa shape index (κ3) is 6.28. The van der Waals surface area contributed by atoms with Crippen molar-refractivity contribution in [2.45, 2.75) is 5.54 Å². The molecule has 0 saturated heterocycles. The molecule has 1 atom stereocenters. The summed E-state index contributed by atoms with van der Waals surface area (Å²) in [5.41, 5.74) is 16.6. The molecule has 0 bridgehead atoms. The van der Waals surface area contributed by atoms with Gasteiger partial charge in [0.15, 0.2) is 0 Å². The topological polar surface area (TPSA) is 11.4 Å². The van der Waals surface area contributed by atoms with E-state index >= 15 is 0 Å². The van der Waals surface area contributed by atoms with Crippen molar-refractivity contribution in [3.05, 3.63) is 290 Å². The van der Waals surface area contributed by atoms with Crippen LogP contribution in [0, 0.1) is 0 Å². The van der Waals surface area contributed by atoms with Crippen molar-refractivity contribution in [2.24, 2.45) is 0 Å². The van der Waals surface area contributed by atoms with Gasteiger partial charge in [0.05, 0.1) is 11.0 Å². The summed E-state index contributed by atoms with van der Waals surface area (Å²) in [5, 5.41) is 4.86. The molecule has 320 valence electrons. The molecular formula is C65H45N3. The molecule has 0 radical (unpaired) electrons. The fraction of sp³-hybridized carbons (Fsp3) is 0.0154. The zero-order valence-electron chi connectivity index (χ0n) is 37.3. The summed E-state index contributed by atoms with van der Waals surface area (Å²) in [7, 11) is 0. The van der Waals surface area contributed by atoms with Gasteiger partial charge in [0.25, 0.3) is 0 Å². The third-order valence-electron chi connectivity index (χ3n) is 14.0. The minimum Gasteiger partial charge on any atom is -0.323 e. The van der Waals surface area contributed by atoms with Crippen molar-refractivity contribution in [1.82, 2.24) is 4.57 Å². The molecule has 0 spiro atoms. The Bertz CT molecular complexity index is 3790. The van der Waals surface area contributed by atoms with Crippen LogP contribution in [0.25, 0.3) is 60.5 Å². The predicted molar refractivity (Wildman–Crippen MR) is 285 cm³/mol. The van der Waals surface area contributed by atoms with Crippen LogP contribution in [0.5, 0.6) is 0 Å². The largest absolute Gasteiger partial charge is 0.323 e. The number of para-hydroxylation sites is 3. The normalized spacial score (nSPS) is 13.9. The number of rotatable bonds is 9. The van der Waals surface area contributed by atoms with Crippen LogP contribution in [0.2, 0.25) is 0 Å². The van der Waals surface area contributed by atoms with Gasteiger partial charge in [0.2, 0.25) is 0 Å². The maximum Gasteiger partial charge on any atom is 0.122 e. The van der Waals surface area contributed by atoms with Crippen LogP contribution in [0.3, 0.4) is 0 Å². The first-order chi connectivity index (χ1) is 33.7. The van der Waals surface area contributed by atoms with Crippen molar-refractivity contribution in [3.8, 4) is 27.9 Å². The van der Waals surface area contributed by atoms with E-state index in [0.717, 1.165) is 39.6 Å². The van der Waals surface area contributed by atoms with Gasteiger partial charge in [-0.05, 0) is 129 Å². The lowest BCUT2D eigenvalue weighted by Crippen LogP contribution is -2.44. The van der Waals surface area contributed by atoms with E-state index in [1.807, 2.05) is 0 Å². The molecule has 1 aliphatic carbocycles. The molecule has 1 unspecified atom stereocenters. The van der Waals surface area contributed by atoms with Crippen molar-refractivity contribution in [3.63, 3.8) is 0 Å². The van der Waals surface area contributed by atoms with Crippen LogP contribution < -0.4 is 9.80 Å². The van der Waals surface area contributed by atoms with Gasteiger partial charge in [0.1, 0.15) is 5.54 Å². The van der Waals surface area contributed by atoms with Gasteiger partial charge in [-0.2, -0.15) is 0 Å². The molecule has 0 fully saturated rings. The van der Waals surface area contributed by atoms with Crippen molar-refractivity contribution in [1.29, 1.82) is 0 Å². The van der Waals surface area contributed by atoms with Crippen molar-refractivity contribution < 1.29 is 0 Å². The van der Waals surface area contributed by atoms with E-state index in [0.29, 0.717) is 0 Å². The Kier molecular flexibility index (Phi) is 9.40. The van der Waals surface area contributed by atoms with Crippen molar-refractivity contribution >= 4 is 61.0 Å². The summed E-state index contributed by atoms with van der Waals surface area (Å²) >= 11 is 0. The molecule has 3 heteroatoms. The lowest BCUT2D eigenvalue weighted by Gasteiger charge is -2.45. The first kappa shape index (κ1) is 39.4. The quantitative estimate of drug-likeness (QED) is 0.143. The first-order valence-corrected chi connectivity index (χ1v) is 23.4. The van der Waals surface area contributed by atoms with Crippen LogP contribution in [0.4, 0.5) is 28.4 Å². The second kappa shape index (κ2) is 16.2. The summed E-state index contributed by atoms with van der Waals surface area (Å²) in [6, 6.07) is 100. The summed E-state index contributed by atoms with van der Waals surface area (Å²) in [5.74, 6) is 0. The Morgan fingerprint density at radius 1 is 0.309 bits per heavy atom. The van der Waals surface area contributed by atoms with Crippen LogP contribution in [-0.2, 0) is 5.54 Å². The zero-order chi connectivity index (χ0) is 45.0. The summed E-state index contributed by atoms with van der Waals surface area (Å²) in [6.07, 6.45) is 0. The van der Waals surface area contributed by atoms with Gasteiger partial charge >= 0.3 is 0 Å². The highest BCUT2D eigenvalue weighted by Gasteiger charge is 2.50. The van der Waals surface area contributed by atoms with E-state index in [9.17, 15) is 0 Å². The maximum absolute atomic E-state index is 2.59. The van der Waals surface area contributed by atoms with E-state index in [-0.39, 0.29) is 0 Å². The standard InChI is InChI=1S/C65H45N3/c1-5-19-46(20-6-1)48-33-36-52(37-34-48)66(55-40-42-60-59-30-16-18-32-63(59)67(64(60)45-55)51-25-9-3-10-26-51)54-39-41-58-57-29-15-17-31-61(57)65(62(58)44-54,50-23-7-2-8-24-50)68(53-27-11-4-12-28-53)56-38-35-47-21-13-14-22-49(47)43-56/h1-45H. The highest BCUT2D eigenvalue weighted by atomic mass is 15.2. The monoisotopic (exact) mass is 867 g/mol. The zero-order valence-corrected chi connectivity index (χ0v) is 37.3. The molecule has 12 aromatic rings. The van der Waals surface area contributed by atoms with Gasteiger partial charge in [0, 0.05) is 44.9 Å². The van der Waals surface area contributed by atoms with Crippen LogP contribution >= 0.6 is 0 Å². The molecule has 0 aliphatic heterocycles. The van der Waals surface area contributed by atoms with E-state index in [4.69, 9.17) is 0 Å². The predicted octanol–water partition coefficient (Wildman–Crippen LogP) is 17.2. The van der Waals surface area contributed by atoms with Gasteiger partial charge in [-0.3, -0.25) is 0 Å². The molecule has 0 N–H and O–H groups in total. The van der Waals surface area contributed by atoms with Gasteiger partial charge in [-0.25, -0.2) is 0 Å². The molecule has 1 heterocycles. The molecule has 13 rings (SSSR count). The molecule has 11 aromatic carbocycles. The number of benzene rings is 11. The summed E-state index contributed by atoms with van der Waals surface area (Å²) in [4.78, 5) is 5.04. The molecule has 3 nitrogen and oxygen atoms in total. The van der Waals surface area contributed by atoms with E-state index in [1.165, 1.54) is 66.0 Å². The van der Waals surface area contributed by atoms with Crippen LogP contribution in [-0.4, -0.2) is 4.57 Å². The van der Waals surface area contributed by atoms with Gasteiger partial charge < -0.3 is 14.4 Å². The molecular weight excluding hydrogens is 823 g/mol. The first-order valence-electron chi connectivity index (χ1n) is 23.4. The number of hydrogen-bond acceptors (Lipinski definition) is 2. The Balaban J connectivity index is 1.09. The minimum atomic E-state index is -0.778. The minimum absolute atomic E-state index is 0.778. The fourth-order valence-corrected chi connectivity index (χ4v) is 11.0. The van der Waals surface area contributed by atoms with Crippen molar-refractivity contribution in [2.75, 3.05) is 9.80 Å². The van der Waals surface area contributed by atoms with Crippen LogP contribution in [0.1, 0.15) is 16.7 Å². The van der Waals surface area contributed by atoms with Crippen LogP contribution in [0.15, 0.2) is 273 Å². The maximum atomic E-state index is 2.59. The second-order valence-electron chi connectivity index (χ2n) is 17.7. The Morgan fingerprint density at radius 2 is 0.868 bits per heavy atom. The lowest BCUT2D eigenvalue weighted by atomic mass is 9.78. The molecule has 1 aliphatic rings. The Labute approximate surface area is 396 Å². The number of anilines is 5. The SMILES string of the molecule is c1ccc(-c2ccc(N(c3ccc4c(c3)C(c3ccccc3)(N(c3ccccc3)c3ccc5ccccc5c3)c3ccccc3-4)c3ccc4c5ccccc5n(-c5ccccc5)c4c3)cc2)cc1. The van der Waals surface area contributed by atoms with Gasteiger partial charge in [-0.1, -0.05) is 194 Å². The second-order valence-corrected chi connectivity index (χ2v) is 17.7. The van der Waals surface area contributed by atoms with E-state index in [2.05, 4.69) is 287 Å². The number of hydrogen-bond donors (Lipinski definition) is 0. The van der Waals surface area contributed by atoms with E-state index < -0.39 is 5.54 Å². The lowest BCUT2D eigenvalue weighted by molar-refractivity contribution is 0.644. The highest BCUT2D eigenvalue weighted by molar-refractivity contribution is 6.10.